The van der Waals surface area contributed by atoms with Gasteiger partial charge in [0.05, 0.1) is 5.69 Å². The third kappa shape index (κ3) is 4.41. The molecule has 0 saturated carbocycles. The first-order chi connectivity index (χ1) is 9.99. The summed E-state index contributed by atoms with van der Waals surface area (Å²) in [6, 6.07) is 12.5. The van der Waals surface area contributed by atoms with Crippen molar-refractivity contribution in [3.05, 3.63) is 52.2 Å². The smallest absolute Gasteiger partial charge is 0.221 e. The van der Waals surface area contributed by atoms with Crippen LogP contribution in [-0.4, -0.2) is 12.5 Å². The number of hydrogen-bond acceptors (Lipinski definition) is 3. The molecule has 4 heteroatoms. The number of benzene rings is 1. The maximum absolute atomic E-state index is 11.2. The van der Waals surface area contributed by atoms with E-state index in [0.717, 1.165) is 23.7 Å². The Kier molecular flexibility index (Phi) is 5.15. The van der Waals surface area contributed by atoms with E-state index in [-0.39, 0.29) is 11.3 Å². The Labute approximate surface area is 130 Å². The molecule has 1 aromatic carbocycles. The first-order valence-electron chi connectivity index (χ1n) is 7.09. The van der Waals surface area contributed by atoms with Crippen molar-refractivity contribution < 1.29 is 4.79 Å². The van der Waals surface area contributed by atoms with Crippen LogP contribution in [0.15, 0.2) is 41.8 Å². The second-order valence-corrected chi connectivity index (χ2v) is 6.79. The zero-order chi connectivity index (χ0) is 15.3. The molecule has 0 bridgehead atoms. The van der Waals surface area contributed by atoms with Crippen molar-refractivity contribution in [2.75, 3.05) is 11.9 Å². The standard InChI is InChI=1S/C17H22N2OS/c1-13(20)19-15-9-10-21-16(15)11-18-12-17(2,3)14-7-5-4-6-8-14/h4-10,18H,11-12H2,1-3H3,(H,19,20). The minimum Gasteiger partial charge on any atom is -0.325 e. The largest absolute Gasteiger partial charge is 0.325 e. The van der Waals surface area contributed by atoms with Crippen LogP contribution in [0.3, 0.4) is 0 Å². The molecule has 1 aromatic heterocycles. The molecule has 2 N–H and O–H groups in total. The summed E-state index contributed by atoms with van der Waals surface area (Å²) in [7, 11) is 0. The average molecular weight is 302 g/mol. The van der Waals surface area contributed by atoms with E-state index in [1.807, 2.05) is 17.5 Å². The van der Waals surface area contributed by atoms with Gasteiger partial charge in [0, 0.05) is 30.3 Å². The van der Waals surface area contributed by atoms with Crippen LogP contribution in [0.4, 0.5) is 5.69 Å². The van der Waals surface area contributed by atoms with Gasteiger partial charge < -0.3 is 10.6 Å². The predicted octanol–water partition coefficient (Wildman–Crippen LogP) is 3.77. The van der Waals surface area contributed by atoms with Gasteiger partial charge in [0.15, 0.2) is 0 Å². The third-order valence-corrected chi connectivity index (χ3v) is 4.38. The molecule has 1 heterocycles. The second-order valence-electron chi connectivity index (χ2n) is 5.79. The monoisotopic (exact) mass is 302 g/mol. The second kappa shape index (κ2) is 6.87. The van der Waals surface area contributed by atoms with E-state index in [1.165, 1.54) is 12.5 Å². The van der Waals surface area contributed by atoms with E-state index < -0.39 is 0 Å². The van der Waals surface area contributed by atoms with Crippen molar-refractivity contribution in [1.29, 1.82) is 0 Å². The van der Waals surface area contributed by atoms with Gasteiger partial charge in [-0.3, -0.25) is 4.79 Å². The predicted molar refractivity (Wildman–Crippen MR) is 89.8 cm³/mol. The molecule has 0 saturated heterocycles. The molecule has 0 unspecified atom stereocenters. The molecular formula is C17H22N2OS. The van der Waals surface area contributed by atoms with Crippen LogP contribution in [0.1, 0.15) is 31.2 Å². The fourth-order valence-electron chi connectivity index (χ4n) is 2.26. The molecule has 0 spiro atoms. The maximum atomic E-state index is 11.2. The lowest BCUT2D eigenvalue weighted by Gasteiger charge is -2.25. The highest BCUT2D eigenvalue weighted by molar-refractivity contribution is 7.10. The molecule has 2 aromatic rings. The number of carbonyl (C=O) groups excluding carboxylic acids is 1. The van der Waals surface area contributed by atoms with Crippen molar-refractivity contribution in [3.8, 4) is 0 Å². The van der Waals surface area contributed by atoms with Crippen molar-refractivity contribution in [2.45, 2.75) is 32.7 Å². The zero-order valence-corrected chi connectivity index (χ0v) is 13.6. The fraction of sp³-hybridized carbons (Fsp3) is 0.353. The molecule has 112 valence electrons. The van der Waals surface area contributed by atoms with Gasteiger partial charge in [-0.05, 0) is 17.0 Å². The Morgan fingerprint density at radius 3 is 2.57 bits per heavy atom. The van der Waals surface area contributed by atoms with E-state index in [9.17, 15) is 4.79 Å². The van der Waals surface area contributed by atoms with Gasteiger partial charge >= 0.3 is 0 Å². The Hall–Kier alpha value is -1.65. The van der Waals surface area contributed by atoms with Gasteiger partial charge in [-0.25, -0.2) is 0 Å². The molecule has 0 radical (unpaired) electrons. The van der Waals surface area contributed by atoms with Gasteiger partial charge in [0.1, 0.15) is 0 Å². The number of amides is 1. The molecule has 21 heavy (non-hydrogen) atoms. The molecule has 0 fully saturated rings. The van der Waals surface area contributed by atoms with E-state index >= 15 is 0 Å². The Morgan fingerprint density at radius 1 is 1.19 bits per heavy atom. The van der Waals surface area contributed by atoms with E-state index in [4.69, 9.17) is 0 Å². The summed E-state index contributed by atoms with van der Waals surface area (Å²) in [6.07, 6.45) is 0. The van der Waals surface area contributed by atoms with Crippen molar-refractivity contribution in [3.63, 3.8) is 0 Å². The molecule has 3 nitrogen and oxygen atoms in total. The van der Waals surface area contributed by atoms with Gasteiger partial charge in [-0.1, -0.05) is 44.2 Å². The van der Waals surface area contributed by atoms with Crippen molar-refractivity contribution in [1.82, 2.24) is 5.32 Å². The number of thiophene rings is 1. The van der Waals surface area contributed by atoms with Crippen LogP contribution in [0, 0.1) is 0 Å². The Morgan fingerprint density at radius 2 is 1.90 bits per heavy atom. The summed E-state index contributed by atoms with van der Waals surface area (Å²) in [5, 5.41) is 8.37. The highest BCUT2D eigenvalue weighted by Crippen LogP contribution is 2.24. The summed E-state index contributed by atoms with van der Waals surface area (Å²) < 4.78 is 0. The van der Waals surface area contributed by atoms with E-state index in [2.05, 4.69) is 48.7 Å². The van der Waals surface area contributed by atoms with E-state index in [0.29, 0.717) is 0 Å². The first-order valence-corrected chi connectivity index (χ1v) is 7.97. The van der Waals surface area contributed by atoms with Crippen LogP contribution >= 0.6 is 11.3 Å². The van der Waals surface area contributed by atoms with Crippen LogP contribution < -0.4 is 10.6 Å². The summed E-state index contributed by atoms with van der Waals surface area (Å²) in [5.74, 6) is -0.0285. The SMILES string of the molecule is CC(=O)Nc1ccsc1CNCC(C)(C)c1ccccc1. The maximum Gasteiger partial charge on any atom is 0.221 e. The number of hydrogen-bond donors (Lipinski definition) is 2. The van der Waals surface area contributed by atoms with Gasteiger partial charge in [0.25, 0.3) is 0 Å². The number of rotatable bonds is 6. The third-order valence-electron chi connectivity index (χ3n) is 3.46. The summed E-state index contributed by atoms with van der Waals surface area (Å²) in [6.45, 7) is 7.66. The highest BCUT2D eigenvalue weighted by atomic mass is 32.1. The zero-order valence-electron chi connectivity index (χ0n) is 12.8. The number of anilines is 1. The lowest BCUT2D eigenvalue weighted by molar-refractivity contribution is -0.114. The quantitative estimate of drug-likeness (QED) is 0.852. The lowest BCUT2D eigenvalue weighted by Crippen LogP contribution is -2.32. The van der Waals surface area contributed by atoms with E-state index in [1.54, 1.807) is 11.3 Å². The minimum absolute atomic E-state index is 0.0285. The first kappa shape index (κ1) is 15.7. The van der Waals surface area contributed by atoms with Crippen LogP contribution in [0.25, 0.3) is 0 Å². The highest BCUT2D eigenvalue weighted by Gasteiger charge is 2.19. The van der Waals surface area contributed by atoms with Gasteiger partial charge in [-0.2, -0.15) is 0 Å². The summed E-state index contributed by atoms with van der Waals surface area (Å²) >= 11 is 1.66. The average Bonchev–Trinajstić information content (AvgIpc) is 2.86. The van der Waals surface area contributed by atoms with Gasteiger partial charge in [-0.15, -0.1) is 11.3 Å². The molecule has 0 aliphatic heterocycles. The molecular weight excluding hydrogens is 280 g/mol. The van der Waals surface area contributed by atoms with Crippen LogP contribution in [0.2, 0.25) is 0 Å². The summed E-state index contributed by atoms with van der Waals surface area (Å²) in [5.41, 5.74) is 2.32. The fourth-order valence-corrected chi connectivity index (χ4v) is 3.06. The molecule has 0 aliphatic rings. The molecule has 0 aliphatic carbocycles. The molecule has 1 amide bonds. The molecule has 2 rings (SSSR count). The normalized spacial score (nSPS) is 11.4. The topological polar surface area (TPSA) is 41.1 Å². The van der Waals surface area contributed by atoms with Crippen LogP contribution in [-0.2, 0) is 16.8 Å². The Balaban J connectivity index is 1.92. The summed E-state index contributed by atoms with van der Waals surface area (Å²) in [4.78, 5) is 12.3. The minimum atomic E-state index is -0.0285. The Bertz CT molecular complexity index is 590. The van der Waals surface area contributed by atoms with Crippen molar-refractivity contribution in [2.24, 2.45) is 0 Å². The number of nitrogens with one attached hydrogen (secondary N) is 2. The van der Waals surface area contributed by atoms with Gasteiger partial charge in [0.2, 0.25) is 5.91 Å². The van der Waals surface area contributed by atoms with Crippen molar-refractivity contribution >= 4 is 22.9 Å². The van der Waals surface area contributed by atoms with Crippen LogP contribution in [0.5, 0.6) is 0 Å². The molecule has 0 atom stereocenters. The lowest BCUT2D eigenvalue weighted by atomic mass is 9.84. The number of carbonyl (C=O) groups is 1.